The van der Waals surface area contributed by atoms with E-state index in [0.717, 1.165) is 52.3 Å². The maximum absolute atomic E-state index is 12.6. The molecule has 70 heavy (non-hydrogen) atoms. The van der Waals surface area contributed by atoms with Crippen LogP contribution in [-0.4, -0.2) is 151 Å². The van der Waals surface area contributed by atoms with Crippen molar-refractivity contribution in [2.24, 2.45) is 0 Å². The van der Waals surface area contributed by atoms with Crippen LogP contribution in [0.2, 0.25) is 5.15 Å². The molecule has 7 rings (SSSR count). The van der Waals surface area contributed by atoms with Crippen molar-refractivity contribution in [1.29, 1.82) is 0 Å². The summed E-state index contributed by atoms with van der Waals surface area (Å²) in [7, 11) is 1.07. The standard InChI is InChI=1S/C19H22N6O3S.C10H10N2.C9H14N4O4S.C6H5ClN2O2/c1-13-9-14-5-4-6-20-18(14)15(10-13)24-19(26)16-11-22-17(12-21-16)29(27,28)23-7-8-25(2)3;1-7-5-8-3-2-4-12-10(8)9(11)6-7;1-13(2)4-3-12-18(16,17)8-6-10-7(5-11-8)9(14)15;1-11-6(10)4-2-9-5(7)3-8-4/h4-6,9-12,23H,7-8H2,1-3H3,(H,24,26);2-6H,11H2,1H3;5-6,12H,3-4H2,1-2H3,(H,14,15);2-3H,1H3. The first-order valence-electron chi connectivity index (χ1n) is 20.6. The van der Waals surface area contributed by atoms with Gasteiger partial charge in [0.15, 0.2) is 21.4 Å². The summed E-state index contributed by atoms with van der Waals surface area (Å²) in [5.74, 6) is -2.28. The molecule has 23 nitrogen and oxygen atoms in total. The van der Waals surface area contributed by atoms with E-state index in [9.17, 15) is 31.2 Å². The van der Waals surface area contributed by atoms with Gasteiger partial charge in [0.1, 0.15) is 10.8 Å². The Hall–Kier alpha value is -7.26. The normalized spacial score (nSPS) is 11.1. The molecule has 0 saturated heterocycles. The minimum absolute atomic E-state index is 0.00262. The molecule has 0 aliphatic carbocycles. The number of halogens is 1. The minimum atomic E-state index is -3.78. The number of nitrogen functional groups attached to an aromatic ring is 1. The summed E-state index contributed by atoms with van der Waals surface area (Å²) in [6, 6.07) is 15.5. The van der Waals surface area contributed by atoms with Gasteiger partial charge >= 0.3 is 11.9 Å². The van der Waals surface area contributed by atoms with Gasteiger partial charge in [-0.15, -0.1) is 0 Å². The monoisotopic (exact) mass is 1020 g/mol. The number of aromatic nitrogens is 8. The Morgan fingerprint density at radius 2 is 1.14 bits per heavy atom. The van der Waals surface area contributed by atoms with Crippen molar-refractivity contribution in [1.82, 2.24) is 59.1 Å². The molecule has 370 valence electrons. The van der Waals surface area contributed by atoms with Gasteiger partial charge in [-0.3, -0.25) is 14.8 Å². The molecule has 7 aromatic rings. The Morgan fingerprint density at radius 1 is 0.657 bits per heavy atom. The number of fused-ring (bicyclic) bond motifs is 2. The number of aromatic carboxylic acids is 1. The second kappa shape index (κ2) is 25.9. The maximum atomic E-state index is 12.6. The first-order valence-corrected chi connectivity index (χ1v) is 23.9. The lowest BCUT2D eigenvalue weighted by atomic mass is 10.1. The number of hydrogen-bond acceptors (Lipinski definition) is 19. The molecule has 0 aliphatic rings. The van der Waals surface area contributed by atoms with Crippen LogP contribution in [0.1, 0.15) is 42.6 Å². The predicted octanol–water partition coefficient (Wildman–Crippen LogP) is 3.48. The van der Waals surface area contributed by atoms with Gasteiger partial charge in [-0.2, -0.15) is 0 Å². The number of pyridine rings is 2. The van der Waals surface area contributed by atoms with Gasteiger partial charge < -0.3 is 30.7 Å². The number of nitrogens with two attached hydrogens (primary N) is 1. The summed E-state index contributed by atoms with van der Waals surface area (Å²) >= 11 is 5.43. The average Bonchev–Trinajstić information content (AvgIpc) is 3.31. The number of ether oxygens (including phenoxy) is 1. The molecule has 5 aromatic heterocycles. The highest BCUT2D eigenvalue weighted by atomic mass is 35.5. The van der Waals surface area contributed by atoms with Gasteiger partial charge in [0.2, 0.25) is 0 Å². The third kappa shape index (κ3) is 17.1. The van der Waals surface area contributed by atoms with Crippen LogP contribution in [0, 0.1) is 13.8 Å². The number of carboxylic acids is 1. The van der Waals surface area contributed by atoms with Gasteiger partial charge in [0, 0.05) is 49.3 Å². The SMILES string of the molecule is CN(C)CCNS(=O)(=O)c1cnc(C(=O)O)cn1.COC(=O)c1cnc(Cl)cn1.Cc1cc(N)c2ncccc2c1.Cc1cc(NC(=O)c2cnc(S(=O)(=O)NCCN(C)C)cn2)c2ncccc2c1. The second-order valence-corrected chi connectivity index (χ2v) is 19.0. The molecule has 0 bridgehead atoms. The number of carbonyl (C=O) groups is 3. The minimum Gasteiger partial charge on any atom is -0.476 e. The molecule has 0 unspecified atom stereocenters. The van der Waals surface area contributed by atoms with Crippen molar-refractivity contribution >= 4 is 82.7 Å². The fourth-order valence-corrected chi connectivity index (χ4v) is 7.49. The van der Waals surface area contributed by atoms with E-state index < -0.39 is 37.9 Å². The number of nitrogens with one attached hydrogen (secondary N) is 3. The van der Waals surface area contributed by atoms with E-state index in [1.165, 1.54) is 25.1 Å². The predicted molar refractivity (Wildman–Crippen MR) is 262 cm³/mol. The van der Waals surface area contributed by atoms with E-state index in [0.29, 0.717) is 24.3 Å². The van der Waals surface area contributed by atoms with Crippen molar-refractivity contribution in [2.75, 3.05) is 72.5 Å². The Morgan fingerprint density at radius 3 is 1.61 bits per heavy atom. The third-order valence-corrected chi connectivity index (χ3v) is 11.8. The maximum Gasteiger partial charge on any atom is 0.358 e. The molecule has 26 heteroatoms. The van der Waals surface area contributed by atoms with E-state index in [-0.39, 0.29) is 45.4 Å². The summed E-state index contributed by atoms with van der Waals surface area (Å²) in [5, 5.41) is 13.1. The number of benzene rings is 2. The lowest BCUT2D eigenvalue weighted by Crippen LogP contribution is -2.32. The number of likely N-dealkylation sites (N-methyl/N-ethyl adjacent to an activating group) is 2. The molecule has 0 saturated carbocycles. The average molecular weight is 1020 g/mol. The van der Waals surface area contributed by atoms with Crippen LogP contribution in [-0.2, 0) is 24.8 Å². The molecular weight excluding hydrogens is 968 g/mol. The molecule has 0 atom stereocenters. The fourth-order valence-electron chi connectivity index (χ4n) is 5.61. The third-order valence-electron chi connectivity index (χ3n) is 8.95. The number of rotatable bonds is 14. The van der Waals surface area contributed by atoms with Crippen LogP contribution in [0.5, 0.6) is 0 Å². The summed E-state index contributed by atoms with van der Waals surface area (Å²) in [4.78, 5) is 68.3. The first-order chi connectivity index (χ1) is 33.1. The molecule has 6 N–H and O–H groups in total. The summed E-state index contributed by atoms with van der Waals surface area (Å²) < 4.78 is 57.1. The number of anilines is 2. The summed E-state index contributed by atoms with van der Waals surface area (Å²) in [5.41, 5.74) is 10.6. The van der Waals surface area contributed by atoms with Gasteiger partial charge in [0.05, 0.1) is 66.7 Å². The molecular formula is C44H51ClN14O9S2. The second-order valence-electron chi connectivity index (χ2n) is 15.2. The molecule has 1 amide bonds. The lowest BCUT2D eigenvalue weighted by Gasteiger charge is -2.11. The lowest BCUT2D eigenvalue weighted by molar-refractivity contribution is 0.0592. The Kier molecular flexibility index (Phi) is 20.5. The number of aryl methyl sites for hydroxylation is 2. The zero-order chi connectivity index (χ0) is 51.6. The zero-order valence-electron chi connectivity index (χ0n) is 39.0. The Labute approximate surface area is 409 Å². The number of esters is 1. The number of sulfonamides is 2. The van der Waals surface area contributed by atoms with Gasteiger partial charge in [0.25, 0.3) is 26.0 Å². The van der Waals surface area contributed by atoms with Gasteiger partial charge in [-0.25, -0.2) is 65.8 Å². The quantitative estimate of drug-likeness (QED) is 0.0769. The number of amides is 1. The highest BCUT2D eigenvalue weighted by Gasteiger charge is 2.19. The molecule has 0 aliphatic heterocycles. The Balaban J connectivity index is 0.000000221. The fraction of sp³-hybridized carbons (Fsp3) is 0.250. The van der Waals surface area contributed by atoms with E-state index in [2.05, 4.69) is 65.4 Å². The Bertz CT molecular complexity index is 3120. The largest absolute Gasteiger partial charge is 0.476 e. The van der Waals surface area contributed by atoms with Crippen LogP contribution in [0.3, 0.4) is 0 Å². The van der Waals surface area contributed by atoms with Crippen LogP contribution in [0.15, 0.2) is 108 Å². The van der Waals surface area contributed by atoms with Crippen LogP contribution < -0.4 is 20.5 Å². The zero-order valence-corrected chi connectivity index (χ0v) is 41.4. The smallest absolute Gasteiger partial charge is 0.358 e. The molecule has 0 radical (unpaired) electrons. The molecule has 5 heterocycles. The number of nitrogens with zero attached hydrogens (tertiary/aromatic N) is 10. The highest BCUT2D eigenvalue weighted by Crippen LogP contribution is 2.24. The first kappa shape index (κ1) is 55.3. The summed E-state index contributed by atoms with van der Waals surface area (Å²) in [6.07, 6.45) is 9.98. The molecule has 0 fully saturated rings. The van der Waals surface area contributed by atoms with E-state index >= 15 is 0 Å². The molecule has 0 spiro atoms. The highest BCUT2D eigenvalue weighted by molar-refractivity contribution is 7.89. The van der Waals surface area contributed by atoms with Crippen LogP contribution in [0.25, 0.3) is 21.8 Å². The van der Waals surface area contributed by atoms with Crippen molar-refractivity contribution < 1.29 is 41.1 Å². The van der Waals surface area contributed by atoms with E-state index in [1.807, 2.05) is 94.3 Å². The van der Waals surface area contributed by atoms with Crippen molar-refractivity contribution in [3.63, 3.8) is 0 Å². The summed E-state index contributed by atoms with van der Waals surface area (Å²) in [6.45, 7) is 5.52. The van der Waals surface area contributed by atoms with Crippen molar-refractivity contribution in [2.45, 2.75) is 23.9 Å². The number of hydrogen-bond donors (Lipinski definition) is 5. The van der Waals surface area contributed by atoms with Gasteiger partial charge in [-0.05, 0) is 89.6 Å². The van der Waals surface area contributed by atoms with Crippen LogP contribution >= 0.6 is 11.6 Å². The van der Waals surface area contributed by atoms with Gasteiger partial charge in [-0.1, -0.05) is 23.7 Å². The molecule has 2 aromatic carbocycles. The van der Waals surface area contributed by atoms with Crippen LogP contribution in [0.4, 0.5) is 11.4 Å². The van der Waals surface area contributed by atoms with E-state index in [4.69, 9.17) is 22.4 Å². The topological polar surface area (TPSA) is 321 Å². The number of methoxy groups -OCH3 is 1. The number of carboxylic acid groups (broad SMARTS) is 1. The van der Waals surface area contributed by atoms with Crippen molar-refractivity contribution in [3.05, 3.63) is 131 Å². The number of carbonyl (C=O) groups excluding carboxylic acids is 2. The van der Waals surface area contributed by atoms with E-state index in [1.54, 1.807) is 12.4 Å². The van der Waals surface area contributed by atoms with Crippen molar-refractivity contribution in [3.8, 4) is 0 Å².